The Bertz CT molecular complexity index is 1160. The highest BCUT2D eigenvalue weighted by molar-refractivity contribution is 8.15. The van der Waals surface area contributed by atoms with Crippen LogP contribution in [0.15, 0.2) is 70.9 Å². The predicted molar refractivity (Wildman–Crippen MR) is 132 cm³/mol. The van der Waals surface area contributed by atoms with E-state index in [1.54, 1.807) is 11.1 Å². The molecule has 5 heteroatoms. The third-order valence-electron chi connectivity index (χ3n) is 5.54. The summed E-state index contributed by atoms with van der Waals surface area (Å²) in [5, 5.41) is 11.8. The lowest BCUT2D eigenvalue weighted by molar-refractivity contribution is -0.126. The molecule has 1 aliphatic heterocycles. The van der Waals surface area contributed by atoms with Crippen LogP contribution in [-0.2, 0) is 11.3 Å². The Balaban J connectivity index is 1.63. The van der Waals surface area contributed by atoms with Crippen molar-refractivity contribution in [2.24, 2.45) is 10.2 Å². The first-order valence-electron chi connectivity index (χ1n) is 10.7. The van der Waals surface area contributed by atoms with Gasteiger partial charge < -0.3 is 0 Å². The van der Waals surface area contributed by atoms with Crippen molar-refractivity contribution in [1.82, 2.24) is 4.90 Å². The Morgan fingerprint density at radius 1 is 1.06 bits per heavy atom. The number of rotatable bonds is 6. The van der Waals surface area contributed by atoms with Gasteiger partial charge in [-0.15, -0.1) is 5.10 Å². The molecule has 0 spiro atoms. The molecular formula is C26H27N3OS. The van der Waals surface area contributed by atoms with Crippen molar-refractivity contribution < 1.29 is 4.79 Å². The van der Waals surface area contributed by atoms with E-state index in [2.05, 4.69) is 73.4 Å². The van der Waals surface area contributed by atoms with E-state index in [0.29, 0.717) is 11.7 Å². The number of carbonyl (C=O) groups excluding carboxylic acids is 1. The van der Waals surface area contributed by atoms with E-state index in [4.69, 9.17) is 0 Å². The molecule has 1 saturated heterocycles. The molecule has 0 aliphatic carbocycles. The first-order chi connectivity index (χ1) is 15.1. The third kappa shape index (κ3) is 4.72. The fourth-order valence-corrected chi connectivity index (χ4v) is 5.10. The van der Waals surface area contributed by atoms with E-state index in [1.807, 2.05) is 18.2 Å². The van der Waals surface area contributed by atoms with Gasteiger partial charge in [0.05, 0.1) is 18.0 Å². The Kier molecular flexibility index (Phi) is 6.52. The highest BCUT2D eigenvalue weighted by Gasteiger charge is 2.37. The van der Waals surface area contributed by atoms with Crippen molar-refractivity contribution in [3.05, 3.63) is 82.9 Å². The number of nitrogens with zero attached hydrogens (tertiary/aromatic N) is 3. The van der Waals surface area contributed by atoms with Gasteiger partial charge in [0.15, 0.2) is 5.17 Å². The summed E-state index contributed by atoms with van der Waals surface area (Å²) in [7, 11) is 0. The summed E-state index contributed by atoms with van der Waals surface area (Å²) in [6, 6.07) is 20.8. The molecule has 158 valence electrons. The molecule has 0 bridgehead atoms. The molecule has 1 unspecified atom stereocenters. The van der Waals surface area contributed by atoms with E-state index < -0.39 is 0 Å². The molecule has 1 amide bonds. The summed E-state index contributed by atoms with van der Waals surface area (Å²) < 4.78 is 0. The summed E-state index contributed by atoms with van der Waals surface area (Å²) in [6.07, 6.45) is 3.58. The molecule has 1 heterocycles. The fourth-order valence-electron chi connectivity index (χ4n) is 3.89. The molecule has 0 aromatic heterocycles. The van der Waals surface area contributed by atoms with Gasteiger partial charge in [-0.3, -0.25) is 9.69 Å². The molecule has 0 radical (unpaired) electrons. The lowest BCUT2D eigenvalue weighted by atomic mass is 10.0. The van der Waals surface area contributed by atoms with Crippen LogP contribution in [0.2, 0.25) is 0 Å². The van der Waals surface area contributed by atoms with Gasteiger partial charge in [-0.25, -0.2) is 0 Å². The van der Waals surface area contributed by atoms with Crippen LogP contribution in [-0.4, -0.2) is 27.4 Å². The number of carbonyl (C=O) groups is 1. The van der Waals surface area contributed by atoms with Crippen LogP contribution in [0.1, 0.15) is 42.0 Å². The van der Waals surface area contributed by atoms with Gasteiger partial charge in [-0.1, -0.05) is 91.3 Å². The zero-order valence-corrected chi connectivity index (χ0v) is 19.0. The highest BCUT2D eigenvalue weighted by atomic mass is 32.2. The number of hydrogen-bond acceptors (Lipinski definition) is 4. The van der Waals surface area contributed by atoms with Gasteiger partial charge in [0.1, 0.15) is 0 Å². The van der Waals surface area contributed by atoms with Crippen molar-refractivity contribution in [2.75, 3.05) is 0 Å². The van der Waals surface area contributed by atoms with Gasteiger partial charge >= 0.3 is 0 Å². The summed E-state index contributed by atoms with van der Waals surface area (Å²) in [4.78, 5) is 14.9. The topological polar surface area (TPSA) is 45.0 Å². The smallest absolute Gasteiger partial charge is 0.242 e. The molecule has 31 heavy (non-hydrogen) atoms. The van der Waals surface area contributed by atoms with Gasteiger partial charge in [-0.05, 0) is 47.7 Å². The average Bonchev–Trinajstić information content (AvgIpc) is 3.05. The standard InChI is InChI=1S/C26H27N3OS/c1-4-8-24-25(30)29(17-22-11-7-10-20-9-5-6-12-23(20)22)26(31-24)28-27-16-21-14-13-18(2)15-19(21)3/h5-7,9-16,24H,4,8,17H2,1-3H3. The predicted octanol–water partition coefficient (Wildman–Crippen LogP) is 6.09. The van der Waals surface area contributed by atoms with Crippen LogP contribution >= 0.6 is 11.8 Å². The van der Waals surface area contributed by atoms with Crippen LogP contribution in [0, 0.1) is 13.8 Å². The SMILES string of the molecule is CCCC1SC(=NN=Cc2ccc(C)cc2C)N(Cc2cccc3ccccc23)C1=O. The lowest BCUT2D eigenvalue weighted by Gasteiger charge is -2.17. The van der Waals surface area contributed by atoms with Crippen LogP contribution in [0.5, 0.6) is 0 Å². The monoisotopic (exact) mass is 429 g/mol. The van der Waals surface area contributed by atoms with E-state index in [0.717, 1.165) is 29.5 Å². The van der Waals surface area contributed by atoms with Crippen LogP contribution < -0.4 is 0 Å². The molecule has 3 aromatic rings. The van der Waals surface area contributed by atoms with Gasteiger partial charge in [0.25, 0.3) is 0 Å². The molecular weight excluding hydrogens is 402 g/mol. The van der Waals surface area contributed by atoms with Gasteiger partial charge in [-0.2, -0.15) is 5.10 Å². The molecule has 1 atom stereocenters. The Labute approximate surface area is 188 Å². The molecule has 1 aliphatic rings. The second-order valence-electron chi connectivity index (χ2n) is 7.95. The maximum absolute atomic E-state index is 13.1. The number of aryl methyl sites for hydroxylation is 2. The van der Waals surface area contributed by atoms with Crippen molar-refractivity contribution in [1.29, 1.82) is 0 Å². The number of thioether (sulfide) groups is 1. The van der Waals surface area contributed by atoms with Crippen molar-refractivity contribution in [3.8, 4) is 0 Å². The quantitative estimate of drug-likeness (QED) is 0.351. The first-order valence-corrected chi connectivity index (χ1v) is 11.6. The Hall–Kier alpha value is -2.92. The minimum atomic E-state index is -0.0879. The normalized spacial score (nSPS) is 18.0. The largest absolute Gasteiger partial charge is 0.284 e. The number of benzene rings is 3. The third-order valence-corrected chi connectivity index (χ3v) is 6.78. The Morgan fingerprint density at radius 2 is 1.87 bits per heavy atom. The summed E-state index contributed by atoms with van der Waals surface area (Å²) in [5.74, 6) is 0.125. The van der Waals surface area contributed by atoms with Crippen LogP contribution in [0.3, 0.4) is 0 Å². The van der Waals surface area contributed by atoms with E-state index in [9.17, 15) is 4.79 Å². The molecule has 4 nitrogen and oxygen atoms in total. The number of amidine groups is 1. The zero-order chi connectivity index (χ0) is 21.8. The molecule has 3 aromatic carbocycles. The maximum Gasteiger partial charge on any atom is 0.242 e. The van der Waals surface area contributed by atoms with Crippen molar-refractivity contribution in [3.63, 3.8) is 0 Å². The molecule has 1 fully saturated rings. The second-order valence-corrected chi connectivity index (χ2v) is 9.11. The minimum absolute atomic E-state index is 0.0879. The van der Waals surface area contributed by atoms with E-state index in [1.165, 1.54) is 28.1 Å². The summed E-state index contributed by atoms with van der Waals surface area (Å²) in [5.41, 5.74) is 4.54. The van der Waals surface area contributed by atoms with Crippen LogP contribution in [0.25, 0.3) is 10.8 Å². The summed E-state index contributed by atoms with van der Waals surface area (Å²) in [6.45, 7) is 6.76. The maximum atomic E-state index is 13.1. The second kappa shape index (κ2) is 9.48. The van der Waals surface area contributed by atoms with Crippen molar-refractivity contribution in [2.45, 2.75) is 45.4 Å². The van der Waals surface area contributed by atoms with E-state index >= 15 is 0 Å². The van der Waals surface area contributed by atoms with Gasteiger partial charge in [0.2, 0.25) is 5.91 Å². The van der Waals surface area contributed by atoms with Crippen molar-refractivity contribution >= 4 is 39.8 Å². The number of hydrogen-bond donors (Lipinski definition) is 0. The number of fused-ring (bicyclic) bond motifs is 1. The first kappa shape index (κ1) is 21.3. The molecule has 4 rings (SSSR count). The van der Waals surface area contributed by atoms with Crippen LogP contribution in [0.4, 0.5) is 0 Å². The van der Waals surface area contributed by atoms with Gasteiger partial charge in [0, 0.05) is 0 Å². The zero-order valence-electron chi connectivity index (χ0n) is 18.2. The average molecular weight is 430 g/mol. The highest BCUT2D eigenvalue weighted by Crippen LogP contribution is 2.32. The minimum Gasteiger partial charge on any atom is -0.284 e. The summed E-state index contributed by atoms with van der Waals surface area (Å²) >= 11 is 1.53. The Morgan fingerprint density at radius 3 is 2.68 bits per heavy atom. The molecule has 0 N–H and O–H groups in total. The van der Waals surface area contributed by atoms with E-state index in [-0.39, 0.29) is 11.2 Å². The number of amides is 1. The molecule has 0 saturated carbocycles. The lowest BCUT2D eigenvalue weighted by Crippen LogP contribution is -2.31. The fraction of sp³-hybridized carbons (Fsp3) is 0.269.